The van der Waals surface area contributed by atoms with Crippen molar-refractivity contribution in [1.29, 1.82) is 0 Å². The highest BCUT2D eigenvalue weighted by molar-refractivity contribution is 6.32. The molecule has 124 valence electrons. The molecule has 0 radical (unpaired) electrons. The molecule has 1 aliphatic rings. The van der Waals surface area contributed by atoms with Crippen LogP contribution >= 0.6 is 11.6 Å². The van der Waals surface area contributed by atoms with E-state index >= 15 is 0 Å². The van der Waals surface area contributed by atoms with Gasteiger partial charge in [0.2, 0.25) is 5.92 Å². The molecule has 0 fully saturated rings. The lowest BCUT2D eigenvalue weighted by molar-refractivity contribution is -0.151. The van der Waals surface area contributed by atoms with E-state index in [0.717, 1.165) is 11.0 Å². The van der Waals surface area contributed by atoms with Crippen molar-refractivity contribution in [1.82, 2.24) is 4.90 Å². The number of carboxylic acid groups (broad SMARTS) is 1. The highest BCUT2D eigenvalue weighted by Crippen LogP contribution is 2.29. The molecule has 23 heavy (non-hydrogen) atoms. The molecule has 5 nitrogen and oxygen atoms in total. The number of nitrogens with zero attached hydrogens (tertiary/aromatic N) is 1. The number of para-hydroxylation sites is 1. The standard InChI is InChI=1S/C15H14ClF2NO4/c1-15(17,18)7-11(14(21)22)19-8-9(6-13(19)20)23-12-5-3-2-4-10(12)16/h2-6,11H,7-8H2,1H3,(H,21,22). The van der Waals surface area contributed by atoms with E-state index in [2.05, 4.69) is 0 Å². The molecule has 0 aromatic heterocycles. The van der Waals surface area contributed by atoms with Crippen LogP contribution < -0.4 is 4.74 Å². The highest BCUT2D eigenvalue weighted by Gasteiger charge is 2.39. The highest BCUT2D eigenvalue weighted by atomic mass is 35.5. The molecule has 0 bridgehead atoms. The van der Waals surface area contributed by atoms with E-state index in [1.807, 2.05) is 0 Å². The van der Waals surface area contributed by atoms with Crippen molar-refractivity contribution in [2.24, 2.45) is 0 Å². The monoisotopic (exact) mass is 345 g/mol. The van der Waals surface area contributed by atoms with Crippen LogP contribution in [0.15, 0.2) is 36.1 Å². The summed E-state index contributed by atoms with van der Waals surface area (Å²) in [4.78, 5) is 24.0. The SMILES string of the molecule is CC(F)(F)CC(C(=O)O)N1CC(Oc2ccccc2Cl)=CC1=O. The Hall–Kier alpha value is -2.15. The molecule has 1 N–H and O–H groups in total. The van der Waals surface area contributed by atoms with Gasteiger partial charge in [-0.3, -0.25) is 4.79 Å². The number of carbonyl (C=O) groups excluding carboxylic acids is 1. The van der Waals surface area contributed by atoms with Gasteiger partial charge in [0.25, 0.3) is 5.91 Å². The quantitative estimate of drug-likeness (QED) is 0.860. The average Bonchev–Trinajstić information content (AvgIpc) is 2.78. The summed E-state index contributed by atoms with van der Waals surface area (Å²) in [6, 6.07) is 4.90. The molecule has 0 aliphatic carbocycles. The second kappa shape index (κ2) is 6.54. The number of ether oxygens (including phenoxy) is 1. The fourth-order valence-electron chi connectivity index (χ4n) is 2.18. The van der Waals surface area contributed by atoms with Crippen molar-refractivity contribution in [3.8, 4) is 5.75 Å². The molecule has 1 aliphatic heterocycles. The third-order valence-corrected chi connectivity index (χ3v) is 3.50. The van der Waals surface area contributed by atoms with Gasteiger partial charge in [-0.2, -0.15) is 0 Å². The zero-order chi connectivity index (χ0) is 17.2. The molecule has 0 spiro atoms. The van der Waals surface area contributed by atoms with Crippen LogP contribution in [-0.2, 0) is 9.59 Å². The third kappa shape index (κ3) is 4.41. The molecule has 8 heteroatoms. The van der Waals surface area contributed by atoms with Crippen LogP contribution in [0.3, 0.4) is 0 Å². The summed E-state index contributed by atoms with van der Waals surface area (Å²) in [6.45, 7) is 0.398. The first-order chi connectivity index (χ1) is 10.7. The molecule has 2 rings (SSSR count). The minimum absolute atomic E-state index is 0.147. The van der Waals surface area contributed by atoms with Gasteiger partial charge in [-0.05, 0) is 19.1 Å². The number of aliphatic carboxylic acids is 1. The summed E-state index contributed by atoms with van der Waals surface area (Å²) >= 11 is 5.93. The number of benzene rings is 1. The number of rotatable bonds is 6. The van der Waals surface area contributed by atoms with Crippen molar-refractivity contribution < 1.29 is 28.2 Å². The number of halogens is 3. The first kappa shape index (κ1) is 17.2. The molecular weight excluding hydrogens is 332 g/mol. The summed E-state index contributed by atoms with van der Waals surface area (Å²) in [5.74, 6) is -4.96. The first-order valence-electron chi connectivity index (χ1n) is 6.71. The van der Waals surface area contributed by atoms with Crippen LogP contribution in [0.4, 0.5) is 8.78 Å². The summed E-state index contributed by atoms with van der Waals surface area (Å²) in [5, 5.41) is 9.44. The van der Waals surface area contributed by atoms with Crippen LogP contribution in [0.2, 0.25) is 5.02 Å². The van der Waals surface area contributed by atoms with E-state index in [-0.39, 0.29) is 12.3 Å². The number of carboxylic acids is 1. The third-order valence-electron chi connectivity index (χ3n) is 3.18. The van der Waals surface area contributed by atoms with Gasteiger partial charge in [-0.15, -0.1) is 0 Å². The van der Waals surface area contributed by atoms with Gasteiger partial charge in [-0.1, -0.05) is 23.7 Å². The zero-order valence-corrected chi connectivity index (χ0v) is 12.9. The van der Waals surface area contributed by atoms with Crippen LogP contribution in [0.1, 0.15) is 13.3 Å². The van der Waals surface area contributed by atoms with E-state index in [0.29, 0.717) is 17.7 Å². The fraction of sp³-hybridized carbons (Fsp3) is 0.333. The van der Waals surface area contributed by atoms with Crippen molar-refractivity contribution >= 4 is 23.5 Å². The topological polar surface area (TPSA) is 66.8 Å². The maximum atomic E-state index is 13.1. The Kier molecular flexibility index (Phi) is 4.89. The zero-order valence-electron chi connectivity index (χ0n) is 12.1. The smallest absolute Gasteiger partial charge is 0.326 e. The lowest BCUT2D eigenvalue weighted by Gasteiger charge is -2.26. The van der Waals surface area contributed by atoms with Gasteiger partial charge in [0.05, 0.1) is 11.6 Å². The first-order valence-corrected chi connectivity index (χ1v) is 7.09. The molecule has 1 aromatic carbocycles. The maximum absolute atomic E-state index is 13.1. The molecule has 1 aromatic rings. The van der Waals surface area contributed by atoms with Gasteiger partial charge in [0.1, 0.15) is 17.6 Å². The van der Waals surface area contributed by atoms with E-state index in [1.54, 1.807) is 24.3 Å². The molecule has 1 heterocycles. The number of alkyl halides is 2. The van der Waals surface area contributed by atoms with E-state index in [9.17, 15) is 18.4 Å². The summed E-state index contributed by atoms with van der Waals surface area (Å²) in [7, 11) is 0. The Balaban J connectivity index is 2.12. The summed E-state index contributed by atoms with van der Waals surface area (Å²) < 4.78 is 31.7. The Labute approximate surface area is 136 Å². The van der Waals surface area contributed by atoms with Gasteiger partial charge in [0.15, 0.2) is 0 Å². The maximum Gasteiger partial charge on any atom is 0.326 e. The number of amides is 1. The fourth-order valence-corrected chi connectivity index (χ4v) is 2.35. The predicted molar refractivity (Wildman–Crippen MR) is 78.5 cm³/mol. The van der Waals surface area contributed by atoms with Crippen LogP contribution in [0, 0.1) is 0 Å². The Morgan fingerprint density at radius 2 is 2.13 bits per heavy atom. The second-order valence-electron chi connectivity index (χ2n) is 5.24. The Morgan fingerprint density at radius 3 is 2.70 bits per heavy atom. The number of carbonyl (C=O) groups is 2. The van der Waals surface area contributed by atoms with E-state index < -0.39 is 30.3 Å². The summed E-state index contributed by atoms with van der Waals surface area (Å²) in [5.41, 5.74) is 0. The van der Waals surface area contributed by atoms with Crippen LogP contribution in [0.25, 0.3) is 0 Å². The largest absolute Gasteiger partial charge is 0.480 e. The molecule has 1 unspecified atom stereocenters. The Bertz CT molecular complexity index is 657. The second-order valence-corrected chi connectivity index (χ2v) is 5.64. The molecule has 0 saturated heterocycles. The molecular formula is C15H14ClF2NO4. The van der Waals surface area contributed by atoms with Gasteiger partial charge in [-0.25, -0.2) is 13.6 Å². The number of hydrogen-bond acceptors (Lipinski definition) is 3. The van der Waals surface area contributed by atoms with E-state index in [4.69, 9.17) is 21.4 Å². The lowest BCUT2D eigenvalue weighted by Crippen LogP contribution is -2.45. The normalized spacial score (nSPS) is 16.3. The van der Waals surface area contributed by atoms with Crippen LogP contribution in [-0.4, -0.2) is 40.4 Å². The lowest BCUT2D eigenvalue weighted by atomic mass is 10.1. The van der Waals surface area contributed by atoms with Crippen molar-refractivity contribution in [3.05, 3.63) is 41.1 Å². The van der Waals surface area contributed by atoms with E-state index in [1.165, 1.54) is 0 Å². The minimum Gasteiger partial charge on any atom is -0.480 e. The molecule has 1 amide bonds. The van der Waals surface area contributed by atoms with Crippen molar-refractivity contribution in [2.75, 3.05) is 6.54 Å². The van der Waals surface area contributed by atoms with Gasteiger partial charge in [0, 0.05) is 12.5 Å². The average molecular weight is 346 g/mol. The Morgan fingerprint density at radius 1 is 1.48 bits per heavy atom. The van der Waals surface area contributed by atoms with Gasteiger partial charge >= 0.3 is 5.97 Å². The predicted octanol–water partition coefficient (Wildman–Crippen LogP) is 2.94. The van der Waals surface area contributed by atoms with Crippen molar-refractivity contribution in [2.45, 2.75) is 25.3 Å². The van der Waals surface area contributed by atoms with Crippen molar-refractivity contribution in [3.63, 3.8) is 0 Å². The minimum atomic E-state index is -3.21. The number of hydrogen-bond donors (Lipinski definition) is 1. The summed E-state index contributed by atoms with van der Waals surface area (Å²) in [6.07, 6.45) is 0.106. The molecule has 1 atom stereocenters. The van der Waals surface area contributed by atoms with Gasteiger partial charge < -0.3 is 14.7 Å². The molecule has 0 saturated carbocycles. The van der Waals surface area contributed by atoms with Crippen LogP contribution in [0.5, 0.6) is 5.75 Å².